The van der Waals surface area contributed by atoms with Crippen molar-refractivity contribution in [3.63, 3.8) is 0 Å². The summed E-state index contributed by atoms with van der Waals surface area (Å²) in [6.45, 7) is 0. The topological polar surface area (TPSA) is 49.8 Å². The highest BCUT2D eigenvalue weighted by molar-refractivity contribution is 5.71. The van der Waals surface area contributed by atoms with E-state index in [1.54, 1.807) is 0 Å². The molecule has 0 aromatic heterocycles. The molecule has 1 atom stereocenters. The Morgan fingerprint density at radius 1 is 1.17 bits per heavy atom. The lowest BCUT2D eigenvalue weighted by molar-refractivity contribution is 0.713. The van der Waals surface area contributed by atoms with Gasteiger partial charge in [0.2, 0.25) is 0 Å². The standard InChI is InChI=1S/C16H14N2/c17-10-11-3-1-4-12(9-11)13-5-2-6-15-14(13)7-8-16(15)18/h1-6,9,16H,7-8,18H2. The van der Waals surface area contributed by atoms with E-state index in [-0.39, 0.29) is 6.04 Å². The number of hydrogen-bond donors (Lipinski definition) is 1. The van der Waals surface area contributed by atoms with Gasteiger partial charge in [0.1, 0.15) is 0 Å². The van der Waals surface area contributed by atoms with Crippen LogP contribution < -0.4 is 5.73 Å². The number of hydrogen-bond acceptors (Lipinski definition) is 2. The van der Waals surface area contributed by atoms with Gasteiger partial charge < -0.3 is 5.73 Å². The van der Waals surface area contributed by atoms with E-state index < -0.39 is 0 Å². The fourth-order valence-electron chi connectivity index (χ4n) is 2.71. The number of fused-ring (bicyclic) bond motifs is 1. The zero-order chi connectivity index (χ0) is 12.5. The maximum atomic E-state index is 8.97. The minimum Gasteiger partial charge on any atom is -0.324 e. The molecule has 1 aliphatic rings. The Morgan fingerprint density at radius 2 is 2.00 bits per heavy atom. The molecule has 0 fully saturated rings. The zero-order valence-electron chi connectivity index (χ0n) is 10.1. The fraction of sp³-hybridized carbons (Fsp3) is 0.188. The highest BCUT2D eigenvalue weighted by Crippen LogP contribution is 2.36. The van der Waals surface area contributed by atoms with Gasteiger partial charge in [0.25, 0.3) is 0 Å². The van der Waals surface area contributed by atoms with E-state index >= 15 is 0 Å². The lowest BCUT2D eigenvalue weighted by Crippen LogP contribution is -2.04. The Labute approximate surface area is 107 Å². The third-order valence-electron chi connectivity index (χ3n) is 3.62. The molecule has 2 heteroatoms. The van der Waals surface area contributed by atoms with Crippen LogP contribution >= 0.6 is 0 Å². The average Bonchev–Trinajstić information content (AvgIpc) is 2.81. The molecule has 2 aromatic rings. The first-order valence-corrected chi connectivity index (χ1v) is 6.17. The molecule has 2 nitrogen and oxygen atoms in total. The van der Waals surface area contributed by atoms with Crippen molar-refractivity contribution in [2.45, 2.75) is 18.9 Å². The third-order valence-corrected chi connectivity index (χ3v) is 3.62. The van der Waals surface area contributed by atoms with E-state index in [0.717, 1.165) is 18.4 Å². The van der Waals surface area contributed by atoms with Gasteiger partial charge in [-0.25, -0.2) is 0 Å². The molecule has 0 aliphatic heterocycles. The SMILES string of the molecule is N#Cc1cccc(-c2cccc3c2CCC3N)c1. The molecular formula is C16H14N2. The second-order valence-electron chi connectivity index (χ2n) is 4.71. The minimum atomic E-state index is 0.166. The van der Waals surface area contributed by atoms with Crippen molar-refractivity contribution >= 4 is 0 Å². The minimum absolute atomic E-state index is 0.166. The lowest BCUT2D eigenvalue weighted by atomic mass is 9.95. The van der Waals surface area contributed by atoms with Gasteiger partial charge in [0.05, 0.1) is 11.6 Å². The fourth-order valence-corrected chi connectivity index (χ4v) is 2.71. The van der Waals surface area contributed by atoms with Crippen molar-refractivity contribution in [2.24, 2.45) is 5.73 Å². The van der Waals surface area contributed by atoms with Crippen LogP contribution in [-0.4, -0.2) is 0 Å². The molecule has 88 valence electrons. The number of benzene rings is 2. The summed E-state index contributed by atoms with van der Waals surface area (Å²) in [7, 11) is 0. The van der Waals surface area contributed by atoms with Gasteiger partial charge in [0, 0.05) is 6.04 Å². The number of nitrogens with zero attached hydrogens (tertiary/aromatic N) is 1. The monoisotopic (exact) mass is 234 g/mol. The van der Waals surface area contributed by atoms with Crippen LogP contribution in [0.15, 0.2) is 42.5 Å². The predicted octanol–water partition coefficient (Wildman–Crippen LogP) is 3.17. The molecule has 1 unspecified atom stereocenters. The Bertz CT molecular complexity index is 638. The second-order valence-corrected chi connectivity index (χ2v) is 4.71. The van der Waals surface area contributed by atoms with Crippen LogP contribution in [0.25, 0.3) is 11.1 Å². The summed E-state index contributed by atoms with van der Waals surface area (Å²) in [4.78, 5) is 0. The average molecular weight is 234 g/mol. The van der Waals surface area contributed by atoms with Crippen molar-refractivity contribution in [2.75, 3.05) is 0 Å². The summed E-state index contributed by atoms with van der Waals surface area (Å²) in [5.41, 5.74) is 11.7. The van der Waals surface area contributed by atoms with Crippen LogP contribution in [-0.2, 0) is 6.42 Å². The predicted molar refractivity (Wildman–Crippen MR) is 71.8 cm³/mol. The molecule has 0 spiro atoms. The quantitative estimate of drug-likeness (QED) is 0.823. The Hall–Kier alpha value is -2.11. The maximum absolute atomic E-state index is 8.97. The van der Waals surface area contributed by atoms with Crippen LogP contribution in [0.1, 0.15) is 29.2 Å². The normalized spacial score (nSPS) is 17.2. The maximum Gasteiger partial charge on any atom is 0.0991 e. The lowest BCUT2D eigenvalue weighted by Gasteiger charge is -2.10. The second kappa shape index (κ2) is 4.29. The first-order valence-electron chi connectivity index (χ1n) is 6.17. The molecule has 0 saturated heterocycles. The van der Waals surface area contributed by atoms with Crippen molar-refractivity contribution < 1.29 is 0 Å². The first-order chi connectivity index (χ1) is 8.79. The van der Waals surface area contributed by atoms with Gasteiger partial charge >= 0.3 is 0 Å². The van der Waals surface area contributed by atoms with Crippen molar-refractivity contribution in [3.05, 3.63) is 59.2 Å². The molecule has 0 amide bonds. The number of rotatable bonds is 1. The van der Waals surface area contributed by atoms with E-state index in [1.165, 1.54) is 16.7 Å². The molecule has 3 rings (SSSR count). The summed E-state index contributed by atoms with van der Waals surface area (Å²) in [6, 6.07) is 16.4. The number of nitriles is 1. The number of nitrogens with two attached hydrogens (primary N) is 1. The third kappa shape index (κ3) is 1.70. The molecule has 0 radical (unpaired) electrons. The Morgan fingerprint density at radius 3 is 2.83 bits per heavy atom. The van der Waals surface area contributed by atoms with E-state index in [1.807, 2.05) is 18.2 Å². The molecular weight excluding hydrogens is 220 g/mol. The Kier molecular flexibility index (Phi) is 2.62. The van der Waals surface area contributed by atoms with Crippen LogP contribution in [0.4, 0.5) is 0 Å². The van der Waals surface area contributed by atoms with Crippen LogP contribution in [0, 0.1) is 11.3 Å². The first kappa shape index (κ1) is 11.0. The van der Waals surface area contributed by atoms with Crippen LogP contribution in [0.5, 0.6) is 0 Å². The molecule has 18 heavy (non-hydrogen) atoms. The largest absolute Gasteiger partial charge is 0.324 e. The Balaban J connectivity index is 2.16. The molecule has 0 heterocycles. The molecule has 2 N–H and O–H groups in total. The van der Waals surface area contributed by atoms with Gasteiger partial charge in [-0.15, -0.1) is 0 Å². The van der Waals surface area contributed by atoms with Gasteiger partial charge in [-0.3, -0.25) is 0 Å². The summed E-state index contributed by atoms with van der Waals surface area (Å²) in [6.07, 6.45) is 2.05. The van der Waals surface area contributed by atoms with E-state index in [4.69, 9.17) is 11.0 Å². The zero-order valence-corrected chi connectivity index (χ0v) is 10.1. The van der Waals surface area contributed by atoms with Crippen LogP contribution in [0.3, 0.4) is 0 Å². The highest BCUT2D eigenvalue weighted by atomic mass is 14.6. The van der Waals surface area contributed by atoms with E-state index in [0.29, 0.717) is 5.56 Å². The van der Waals surface area contributed by atoms with E-state index in [9.17, 15) is 0 Å². The van der Waals surface area contributed by atoms with E-state index in [2.05, 4.69) is 30.3 Å². The van der Waals surface area contributed by atoms with Gasteiger partial charge in [-0.05, 0) is 47.2 Å². The molecule has 0 bridgehead atoms. The summed E-state index contributed by atoms with van der Waals surface area (Å²) in [5.74, 6) is 0. The summed E-state index contributed by atoms with van der Waals surface area (Å²) in [5, 5.41) is 8.97. The van der Waals surface area contributed by atoms with Crippen LogP contribution in [0.2, 0.25) is 0 Å². The van der Waals surface area contributed by atoms with Crippen molar-refractivity contribution in [3.8, 4) is 17.2 Å². The summed E-state index contributed by atoms with van der Waals surface area (Å²) < 4.78 is 0. The van der Waals surface area contributed by atoms with Gasteiger partial charge in [-0.1, -0.05) is 30.3 Å². The highest BCUT2D eigenvalue weighted by Gasteiger charge is 2.21. The summed E-state index contributed by atoms with van der Waals surface area (Å²) >= 11 is 0. The molecule has 2 aromatic carbocycles. The van der Waals surface area contributed by atoms with Gasteiger partial charge in [-0.2, -0.15) is 5.26 Å². The molecule has 1 aliphatic carbocycles. The molecule has 0 saturated carbocycles. The van der Waals surface area contributed by atoms with Crippen molar-refractivity contribution in [1.29, 1.82) is 5.26 Å². The smallest absolute Gasteiger partial charge is 0.0991 e. The van der Waals surface area contributed by atoms with Crippen molar-refractivity contribution in [1.82, 2.24) is 0 Å². The van der Waals surface area contributed by atoms with Gasteiger partial charge in [0.15, 0.2) is 0 Å².